The number of nitrogens with one attached hydrogen (secondary N) is 1. The van der Waals surface area contributed by atoms with Crippen LogP contribution < -0.4 is 5.32 Å². The van der Waals surface area contributed by atoms with Gasteiger partial charge in [0.1, 0.15) is 6.04 Å². The second kappa shape index (κ2) is 7.70. The third-order valence-electron chi connectivity index (χ3n) is 3.62. The molecule has 0 aliphatic heterocycles. The minimum Gasteiger partial charge on any atom is -0.480 e. The van der Waals surface area contributed by atoms with Gasteiger partial charge in [0, 0.05) is 12.0 Å². The highest BCUT2D eigenvalue weighted by Gasteiger charge is 2.31. The van der Waals surface area contributed by atoms with E-state index in [0.29, 0.717) is 11.6 Å². The molecule has 1 atom stereocenters. The summed E-state index contributed by atoms with van der Waals surface area (Å²) in [4.78, 5) is 23.6. The molecule has 134 valence electrons. The molecule has 0 saturated heterocycles. The molecule has 2 aromatic carbocycles. The number of rotatable bonds is 5. The molecule has 0 saturated carbocycles. The standard InChI is InChI=1S/C18H13F3N2O3/c19-18(20,21)14-7-3-6-12(8-14)16(24)23-15(17(25)26)9-11-4-1-2-5-13(11)10-22/h1-8,15H,9H2,(H,23,24)(H,25,26)/t15-/m0/s1. The summed E-state index contributed by atoms with van der Waals surface area (Å²) in [6, 6.07) is 10.5. The van der Waals surface area contributed by atoms with Crippen LogP contribution in [-0.4, -0.2) is 23.0 Å². The number of carboxylic acids is 1. The van der Waals surface area contributed by atoms with E-state index in [-0.39, 0.29) is 17.5 Å². The molecule has 0 radical (unpaired) electrons. The van der Waals surface area contributed by atoms with Crippen LogP contribution >= 0.6 is 0 Å². The van der Waals surface area contributed by atoms with Crippen molar-refractivity contribution in [3.05, 3.63) is 70.8 Å². The van der Waals surface area contributed by atoms with Gasteiger partial charge in [0.05, 0.1) is 17.2 Å². The van der Waals surface area contributed by atoms with Crippen LogP contribution in [0.2, 0.25) is 0 Å². The van der Waals surface area contributed by atoms with Crippen LogP contribution in [0.5, 0.6) is 0 Å². The van der Waals surface area contributed by atoms with E-state index in [9.17, 15) is 27.9 Å². The number of nitrogens with zero attached hydrogens (tertiary/aromatic N) is 1. The van der Waals surface area contributed by atoms with Crippen LogP contribution in [-0.2, 0) is 17.4 Å². The number of hydrogen-bond acceptors (Lipinski definition) is 3. The second-order valence-corrected chi connectivity index (χ2v) is 5.42. The average molecular weight is 362 g/mol. The minimum atomic E-state index is -4.62. The molecular weight excluding hydrogens is 349 g/mol. The number of benzene rings is 2. The van der Waals surface area contributed by atoms with E-state index in [0.717, 1.165) is 18.2 Å². The maximum atomic E-state index is 12.7. The van der Waals surface area contributed by atoms with Gasteiger partial charge in [-0.05, 0) is 29.8 Å². The van der Waals surface area contributed by atoms with Crippen molar-refractivity contribution in [2.45, 2.75) is 18.6 Å². The van der Waals surface area contributed by atoms with Crippen molar-refractivity contribution in [1.29, 1.82) is 5.26 Å². The van der Waals surface area contributed by atoms with Crippen molar-refractivity contribution in [3.8, 4) is 6.07 Å². The molecule has 1 amide bonds. The van der Waals surface area contributed by atoms with Crippen molar-refractivity contribution in [1.82, 2.24) is 5.32 Å². The molecular formula is C18H13F3N2O3. The zero-order valence-electron chi connectivity index (χ0n) is 13.2. The molecule has 26 heavy (non-hydrogen) atoms. The van der Waals surface area contributed by atoms with E-state index in [4.69, 9.17) is 5.26 Å². The number of carbonyl (C=O) groups is 2. The highest BCUT2D eigenvalue weighted by atomic mass is 19.4. The van der Waals surface area contributed by atoms with Gasteiger partial charge in [0.2, 0.25) is 0 Å². The van der Waals surface area contributed by atoms with Crippen molar-refractivity contribution in [2.24, 2.45) is 0 Å². The van der Waals surface area contributed by atoms with Crippen LogP contribution in [0, 0.1) is 11.3 Å². The van der Waals surface area contributed by atoms with Gasteiger partial charge in [-0.25, -0.2) is 4.79 Å². The van der Waals surface area contributed by atoms with E-state index in [2.05, 4.69) is 5.32 Å². The Hall–Kier alpha value is -3.34. The van der Waals surface area contributed by atoms with Crippen LogP contribution in [0.25, 0.3) is 0 Å². The summed E-state index contributed by atoms with van der Waals surface area (Å²) < 4.78 is 38.2. The first-order chi connectivity index (χ1) is 12.2. The zero-order chi connectivity index (χ0) is 19.3. The van der Waals surface area contributed by atoms with E-state index in [1.807, 2.05) is 6.07 Å². The minimum absolute atomic E-state index is 0.177. The van der Waals surface area contributed by atoms with E-state index in [1.54, 1.807) is 18.2 Å². The Bertz CT molecular complexity index is 872. The largest absolute Gasteiger partial charge is 0.480 e. The third kappa shape index (κ3) is 4.60. The monoisotopic (exact) mass is 362 g/mol. The van der Waals surface area contributed by atoms with Gasteiger partial charge in [-0.1, -0.05) is 24.3 Å². The van der Waals surface area contributed by atoms with Gasteiger partial charge < -0.3 is 10.4 Å². The van der Waals surface area contributed by atoms with E-state index in [1.165, 1.54) is 6.07 Å². The van der Waals surface area contributed by atoms with Crippen molar-refractivity contribution < 1.29 is 27.9 Å². The van der Waals surface area contributed by atoms with Crippen LogP contribution in [0.1, 0.15) is 27.0 Å². The van der Waals surface area contributed by atoms with Gasteiger partial charge in [-0.2, -0.15) is 18.4 Å². The third-order valence-corrected chi connectivity index (χ3v) is 3.62. The number of carboxylic acid groups (broad SMARTS) is 1. The van der Waals surface area contributed by atoms with Crippen LogP contribution in [0.15, 0.2) is 48.5 Å². The molecule has 0 fully saturated rings. The highest BCUT2D eigenvalue weighted by molar-refractivity contribution is 5.96. The van der Waals surface area contributed by atoms with Gasteiger partial charge in [-0.15, -0.1) is 0 Å². The lowest BCUT2D eigenvalue weighted by Crippen LogP contribution is -2.42. The lowest BCUT2D eigenvalue weighted by molar-refractivity contribution is -0.139. The second-order valence-electron chi connectivity index (χ2n) is 5.42. The molecule has 8 heteroatoms. The Morgan fingerprint density at radius 3 is 2.46 bits per heavy atom. The molecule has 0 aromatic heterocycles. The first kappa shape index (κ1) is 19.0. The Kier molecular flexibility index (Phi) is 5.62. The number of alkyl halides is 3. The van der Waals surface area contributed by atoms with Crippen molar-refractivity contribution >= 4 is 11.9 Å². The molecule has 5 nitrogen and oxygen atoms in total. The fraction of sp³-hybridized carbons (Fsp3) is 0.167. The smallest absolute Gasteiger partial charge is 0.416 e. The molecule has 0 spiro atoms. The van der Waals surface area contributed by atoms with Gasteiger partial charge in [-0.3, -0.25) is 4.79 Å². The molecule has 0 aliphatic rings. The number of halogens is 3. The summed E-state index contributed by atoms with van der Waals surface area (Å²) in [5, 5.41) is 20.5. The van der Waals surface area contributed by atoms with Gasteiger partial charge in [0.15, 0.2) is 0 Å². The van der Waals surface area contributed by atoms with Gasteiger partial charge in [0.25, 0.3) is 5.91 Å². The summed E-state index contributed by atoms with van der Waals surface area (Å²) >= 11 is 0. The molecule has 0 aliphatic carbocycles. The predicted octanol–water partition coefficient (Wildman–Crippen LogP) is 3.00. The van der Waals surface area contributed by atoms with Crippen LogP contribution in [0.3, 0.4) is 0 Å². The average Bonchev–Trinajstić information content (AvgIpc) is 2.60. The molecule has 0 bridgehead atoms. The number of aliphatic carboxylic acids is 1. The fourth-order valence-corrected chi connectivity index (χ4v) is 2.31. The Morgan fingerprint density at radius 1 is 1.15 bits per heavy atom. The highest BCUT2D eigenvalue weighted by Crippen LogP contribution is 2.29. The number of amides is 1. The summed E-state index contributed by atoms with van der Waals surface area (Å²) in [6.07, 6.45) is -4.79. The van der Waals surface area contributed by atoms with Crippen molar-refractivity contribution in [2.75, 3.05) is 0 Å². The fourth-order valence-electron chi connectivity index (χ4n) is 2.31. The Labute approximate surface area is 146 Å². The quantitative estimate of drug-likeness (QED) is 0.856. The lowest BCUT2D eigenvalue weighted by atomic mass is 10.0. The molecule has 2 aromatic rings. The maximum absolute atomic E-state index is 12.7. The topological polar surface area (TPSA) is 90.2 Å². The lowest BCUT2D eigenvalue weighted by Gasteiger charge is -2.16. The first-order valence-corrected chi connectivity index (χ1v) is 7.41. The van der Waals surface area contributed by atoms with E-state index >= 15 is 0 Å². The number of carbonyl (C=O) groups excluding carboxylic acids is 1. The Morgan fingerprint density at radius 2 is 1.85 bits per heavy atom. The SMILES string of the molecule is N#Cc1ccccc1C[C@H](NC(=O)c1cccc(C(F)(F)F)c1)C(=O)O. The molecule has 2 N–H and O–H groups in total. The summed E-state index contributed by atoms with van der Waals surface area (Å²) in [6.45, 7) is 0. The first-order valence-electron chi connectivity index (χ1n) is 7.41. The molecule has 0 heterocycles. The van der Waals surface area contributed by atoms with E-state index < -0.39 is 29.7 Å². The number of nitriles is 1. The van der Waals surface area contributed by atoms with Crippen LogP contribution in [0.4, 0.5) is 13.2 Å². The Balaban J connectivity index is 2.22. The maximum Gasteiger partial charge on any atom is 0.416 e. The number of hydrogen-bond donors (Lipinski definition) is 2. The molecule has 2 rings (SSSR count). The summed E-state index contributed by atoms with van der Waals surface area (Å²) in [5.41, 5.74) is -0.648. The summed E-state index contributed by atoms with van der Waals surface area (Å²) in [7, 11) is 0. The van der Waals surface area contributed by atoms with Crippen molar-refractivity contribution in [3.63, 3.8) is 0 Å². The normalized spacial score (nSPS) is 12.1. The predicted molar refractivity (Wildman–Crippen MR) is 85.2 cm³/mol. The zero-order valence-corrected chi connectivity index (χ0v) is 13.2. The molecule has 0 unspecified atom stereocenters. The van der Waals surface area contributed by atoms with Gasteiger partial charge >= 0.3 is 12.1 Å². The summed E-state index contributed by atoms with van der Waals surface area (Å²) in [5.74, 6) is -2.31.